The fourth-order valence-corrected chi connectivity index (χ4v) is 2.62. The number of rotatable bonds is 15. The van der Waals surface area contributed by atoms with E-state index in [1.807, 2.05) is 6.26 Å². The molecule has 0 fully saturated rings. The molecule has 0 rings (SSSR count). The number of carbonyl (C=O) groups is 4. The lowest BCUT2D eigenvalue weighted by atomic mass is 10.1. The lowest BCUT2D eigenvalue weighted by Crippen LogP contribution is -2.54. The Morgan fingerprint density at radius 2 is 1.71 bits per heavy atom. The van der Waals surface area contributed by atoms with Crippen molar-refractivity contribution in [2.45, 2.75) is 43.8 Å². The van der Waals surface area contributed by atoms with E-state index in [1.54, 1.807) is 0 Å². The quantitative estimate of drug-likeness (QED) is 0.138. The molecule has 0 aliphatic heterocycles. The largest absolute Gasteiger partial charge is 0.480 e. The molecule has 0 saturated heterocycles. The Kier molecular flexibility index (Phi) is 14.1. The van der Waals surface area contributed by atoms with Crippen LogP contribution in [-0.2, 0) is 19.2 Å². The van der Waals surface area contributed by atoms with Crippen LogP contribution >= 0.6 is 11.8 Å². The van der Waals surface area contributed by atoms with Gasteiger partial charge in [-0.3, -0.25) is 14.4 Å². The molecule has 0 aromatic rings. The molecule has 11 nitrogen and oxygen atoms in total. The molecule has 3 unspecified atom stereocenters. The van der Waals surface area contributed by atoms with E-state index in [2.05, 4.69) is 16.0 Å². The topological polar surface area (TPSA) is 197 Å². The molecule has 0 aliphatic carbocycles. The highest BCUT2D eigenvalue weighted by Crippen LogP contribution is 2.02. The van der Waals surface area contributed by atoms with Crippen LogP contribution in [-0.4, -0.2) is 83.7 Å². The molecule has 0 saturated carbocycles. The number of nitrogens with two attached hydrogens (primary N) is 2. The number of aliphatic hydroxyl groups excluding tert-OH is 1. The second-order valence-electron chi connectivity index (χ2n) is 6.09. The fraction of sp³-hybridized carbons (Fsp3) is 0.750. The van der Waals surface area contributed by atoms with Crippen molar-refractivity contribution in [1.82, 2.24) is 16.0 Å². The summed E-state index contributed by atoms with van der Waals surface area (Å²) >= 11 is 1.44. The van der Waals surface area contributed by atoms with Gasteiger partial charge in [-0.2, -0.15) is 11.8 Å². The molecular weight excluding hydrogens is 390 g/mol. The molecule has 0 heterocycles. The van der Waals surface area contributed by atoms with Crippen molar-refractivity contribution >= 4 is 35.5 Å². The number of amides is 3. The Bertz CT molecular complexity index is 522. The van der Waals surface area contributed by atoms with Crippen molar-refractivity contribution < 1.29 is 29.4 Å². The molecular formula is C16H31N5O6S. The van der Waals surface area contributed by atoms with Gasteiger partial charge in [0.2, 0.25) is 17.7 Å². The van der Waals surface area contributed by atoms with E-state index in [0.717, 1.165) is 6.42 Å². The Hall–Kier alpha value is -1.89. The number of hydrogen-bond donors (Lipinski definition) is 7. The Morgan fingerprint density at radius 1 is 1.04 bits per heavy atom. The van der Waals surface area contributed by atoms with Gasteiger partial charge in [0, 0.05) is 0 Å². The average molecular weight is 422 g/mol. The Balaban J connectivity index is 4.61. The maximum absolute atomic E-state index is 12.2. The van der Waals surface area contributed by atoms with E-state index in [9.17, 15) is 19.2 Å². The summed E-state index contributed by atoms with van der Waals surface area (Å²) in [6, 6.07) is -3.22. The molecule has 0 radical (unpaired) electrons. The van der Waals surface area contributed by atoms with E-state index in [0.29, 0.717) is 25.1 Å². The van der Waals surface area contributed by atoms with Gasteiger partial charge in [0.25, 0.3) is 0 Å². The maximum Gasteiger partial charge on any atom is 0.328 e. The van der Waals surface area contributed by atoms with Gasteiger partial charge >= 0.3 is 5.97 Å². The van der Waals surface area contributed by atoms with E-state index < -0.39 is 48.4 Å². The van der Waals surface area contributed by atoms with Crippen molar-refractivity contribution in [3.8, 4) is 0 Å². The fourth-order valence-electron chi connectivity index (χ4n) is 2.15. The van der Waals surface area contributed by atoms with Gasteiger partial charge in [0.1, 0.15) is 12.1 Å². The molecule has 0 aromatic heterocycles. The lowest BCUT2D eigenvalue weighted by Gasteiger charge is -2.20. The van der Waals surface area contributed by atoms with E-state index >= 15 is 0 Å². The van der Waals surface area contributed by atoms with Crippen LogP contribution in [0, 0.1) is 0 Å². The predicted molar refractivity (Wildman–Crippen MR) is 105 cm³/mol. The zero-order valence-electron chi connectivity index (χ0n) is 16.0. The third-order valence-corrected chi connectivity index (χ3v) is 4.43. The third kappa shape index (κ3) is 11.1. The number of unbranched alkanes of at least 4 members (excludes halogenated alkanes) is 1. The van der Waals surface area contributed by atoms with Crippen LogP contribution in [0.2, 0.25) is 0 Å². The number of aliphatic hydroxyl groups is 1. The van der Waals surface area contributed by atoms with Crippen LogP contribution in [0.3, 0.4) is 0 Å². The summed E-state index contributed by atoms with van der Waals surface area (Å²) in [5.41, 5.74) is 11.1. The van der Waals surface area contributed by atoms with Crippen LogP contribution in [0.15, 0.2) is 0 Å². The zero-order chi connectivity index (χ0) is 21.5. The minimum atomic E-state index is -1.47. The second kappa shape index (κ2) is 15.1. The summed E-state index contributed by atoms with van der Waals surface area (Å²) in [7, 11) is 0. The highest BCUT2D eigenvalue weighted by Gasteiger charge is 2.26. The smallest absolute Gasteiger partial charge is 0.328 e. The van der Waals surface area contributed by atoms with E-state index in [4.69, 9.17) is 21.7 Å². The average Bonchev–Trinajstić information content (AvgIpc) is 2.66. The van der Waals surface area contributed by atoms with Gasteiger partial charge in [-0.1, -0.05) is 6.42 Å². The molecule has 0 aromatic carbocycles. The number of aliphatic carboxylic acids is 1. The van der Waals surface area contributed by atoms with Gasteiger partial charge in [-0.25, -0.2) is 4.79 Å². The molecule has 0 bridgehead atoms. The normalized spacial score (nSPS) is 13.9. The highest BCUT2D eigenvalue weighted by molar-refractivity contribution is 7.98. The molecule has 9 N–H and O–H groups in total. The van der Waals surface area contributed by atoms with Gasteiger partial charge in [0.15, 0.2) is 0 Å². The summed E-state index contributed by atoms with van der Waals surface area (Å²) in [5.74, 6) is -2.67. The molecule has 162 valence electrons. The first-order chi connectivity index (χ1) is 13.3. The van der Waals surface area contributed by atoms with Gasteiger partial charge in [-0.15, -0.1) is 0 Å². The van der Waals surface area contributed by atoms with E-state index in [-0.39, 0.29) is 13.0 Å². The molecule has 0 spiro atoms. The summed E-state index contributed by atoms with van der Waals surface area (Å²) in [6.07, 6.45) is 3.96. The van der Waals surface area contributed by atoms with Gasteiger partial charge < -0.3 is 37.6 Å². The minimum absolute atomic E-state index is 0.253. The first-order valence-corrected chi connectivity index (χ1v) is 10.3. The summed E-state index contributed by atoms with van der Waals surface area (Å²) in [6.45, 7) is -0.632. The standard InChI is InChI=1S/C16H31N5O6S/c1-28-7-5-11(15(25)21-12(9-22)16(26)27)20-13(23)8-19-14(24)10(18)4-2-3-6-17/h10-12,22H,2-9,17-18H2,1H3,(H,19,24)(H,20,23)(H,21,25)(H,26,27). The van der Waals surface area contributed by atoms with Crippen LogP contribution in [0.4, 0.5) is 0 Å². The number of nitrogens with one attached hydrogen (secondary N) is 3. The van der Waals surface area contributed by atoms with Crippen LogP contribution in [0.25, 0.3) is 0 Å². The van der Waals surface area contributed by atoms with E-state index in [1.165, 1.54) is 11.8 Å². The van der Waals surface area contributed by atoms with Crippen molar-refractivity contribution in [3.63, 3.8) is 0 Å². The maximum atomic E-state index is 12.2. The lowest BCUT2D eigenvalue weighted by molar-refractivity contribution is -0.143. The Morgan fingerprint density at radius 3 is 2.25 bits per heavy atom. The van der Waals surface area contributed by atoms with Crippen molar-refractivity contribution in [3.05, 3.63) is 0 Å². The predicted octanol–water partition coefficient (Wildman–Crippen LogP) is -2.64. The van der Waals surface area contributed by atoms with Crippen LogP contribution in [0.5, 0.6) is 0 Å². The van der Waals surface area contributed by atoms with Gasteiger partial charge in [0.05, 0.1) is 19.2 Å². The molecule has 28 heavy (non-hydrogen) atoms. The zero-order valence-corrected chi connectivity index (χ0v) is 16.8. The van der Waals surface area contributed by atoms with Gasteiger partial charge in [-0.05, 0) is 37.8 Å². The number of carboxylic acids is 1. The highest BCUT2D eigenvalue weighted by atomic mass is 32.2. The molecule has 0 aliphatic rings. The summed E-state index contributed by atoms with van der Waals surface area (Å²) in [4.78, 5) is 47.1. The van der Waals surface area contributed by atoms with Crippen molar-refractivity contribution in [1.29, 1.82) is 0 Å². The molecule has 3 atom stereocenters. The summed E-state index contributed by atoms with van der Waals surface area (Å²) in [5, 5.41) is 24.9. The van der Waals surface area contributed by atoms with Crippen molar-refractivity contribution in [2.75, 3.05) is 31.7 Å². The molecule has 12 heteroatoms. The number of hydrogen-bond acceptors (Lipinski definition) is 8. The SMILES string of the molecule is CSCCC(NC(=O)CNC(=O)C(N)CCCCN)C(=O)NC(CO)C(=O)O. The summed E-state index contributed by atoms with van der Waals surface area (Å²) < 4.78 is 0. The first kappa shape index (κ1) is 26.1. The third-order valence-electron chi connectivity index (χ3n) is 3.79. The second-order valence-corrected chi connectivity index (χ2v) is 7.08. The molecule has 3 amide bonds. The first-order valence-electron chi connectivity index (χ1n) is 8.92. The number of carbonyl (C=O) groups excluding carboxylic acids is 3. The minimum Gasteiger partial charge on any atom is -0.480 e. The number of thioether (sulfide) groups is 1. The van der Waals surface area contributed by atoms with Crippen molar-refractivity contribution in [2.24, 2.45) is 11.5 Å². The Labute approximate surface area is 168 Å². The van der Waals surface area contributed by atoms with Crippen LogP contribution in [0.1, 0.15) is 25.7 Å². The number of carboxylic acid groups (broad SMARTS) is 1. The monoisotopic (exact) mass is 421 g/mol. The van der Waals surface area contributed by atoms with Crippen LogP contribution < -0.4 is 27.4 Å².